The molecule has 2 aromatic carbocycles. The van der Waals surface area contributed by atoms with Crippen molar-refractivity contribution in [3.8, 4) is 0 Å². The highest BCUT2D eigenvalue weighted by Gasteiger charge is 2.43. The van der Waals surface area contributed by atoms with E-state index in [9.17, 15) is 9.59 Å². The molecule has 0 saturated carbocycles. The van der Waals surface area contributed by atoms with E-state index in [0.29, 0.717) is 38.9 Å². The lowest BCUT2D eigenvalue weighted by Crippen LogP contribution is -2.53. The molecular formula is C25H32N2O2. The topological polar surface area (TPSA) is 49.4 Å². The molecule has 0 atom stereocenters. The second-order valence-corrected chi connectivity index (χ2v) is 7.92. The molecule has 0 aliphatic carbocycles. The van der Waals surface area contributed by atoms with Gasteiger partial charge in [-0.25, -0.2) is 0 Å². The van der Waals surface area contributed by atoms with Gasteiger partial charge in [-0.2, -0.15) is 0 Å². The molecule has 1 saturated heterocycles. The van der Waals surface area contributed by atoms with Crippen LogP contribution in [-0.2, 0) is 21.4 Å². The zero-order valence-corrected chi connectivity index (χ0v) is 17.4. The van der Waals surface area contributed by atoms with Crippen LogP contribution in [0.1, 0.15) is 50.2 Å². The number of amides is 2. The fraction of sp³-hybridized carbons (Fsp3) is 0.440. The van der Waals surface area contributed by atoms with Gasteiger partial charge in [-0.05, 0) is 43.2 Å². The van der Waals surface area contributed by atoms with Crippen molar-refractivity contribution in [2.75, 3.05) is 19.6 Å². The number of nitrogens with one attached hydrogen (secondary N) is 1. The molecule has 2 aromatic rings. The van der Waals surface area contributed by atoms with Gasteiger partial charge < -0.3 is 10.2 Å². The molecule has 4 heteroatoms. The Labute approximate surface area is 174 Å². The van der Waals surface area contributed by atoms with E-state index in [2.05, 4.69) is 17.4 Å². The molecule has 1 fully saturated rings. The standard InChI is InChI=1S/C25H32N2O2/c1-2-10-23(28)27-19-16-25(17-20-27,22-14-7-4-8-15-22)24(29)26-18-9-13-21-11-5-3-6-12-21/h3-8,11-12,14-15H,2,9-10,13,16-20H2,1H3,(H,26,29). The summed E-state index contributed by atoms with van der Waals surface area (Å²) in [5, 5.41) is 3.19. The van der Waals surface area contributed by atoms with Crippen molar-refractivity contribution >= 4 is 11.8 Å². The normalized spacial score (nSPS) is 15.7. The van der Waals surface area contributed by atoms with Crippen LogP contribution in [0, 0.1) is 0 Å². The average Bonchev–Trinajstić information content (AvgIpc) is 2.78. The Kier molecular flexibility index (Phi) is 7.45. The second-order valence-electron chi connectivity index (χ2n) is 7.92. The lowest BCUT2D eigenvalue weighted by molar-refractivity contribution is -0.137. The third-order valence-corrected chi connectivity index (χ3v) is 5.97. The molecule has 1 aliphatic heterocycles. The number of piperidine rings is 1. The van der Waals surface area contributed by atoms with Gasteiger partial charge in [-0.1, -0.05) is 67.6 Å². The summed E-state index contributed by atoms with van der Waals surface area (Å²) in [5.41, 5.74) is 1.81. The summed E-state index contributed by atoms with van der Waals surface area (Å²) in [5.74, 6) is 0.303. The number of nitrogens with zero attached hydrogens (tertiary/aromatic N) is 1. The highest BCUT2D eigenvalue weighted by Crippen LogP contribution is 2.36. The van der Waals surface area contributed by atoms with Gasteiger partial charge in [0.15, 0.2) is 0 Å². The zero-order valence-electron chi connectivity index (χ0n) is 17.4. The van der Waals surface area contributed by atoms with Gasteiger partial charge in [0.1, 0.15) is 0 Å². The van der Waals surface area contributed by atoms with Gasteiger partial charge >= 0.3 is 0 Å². The lowest BCUT2D eigenvalue weighted by Gasteiger charge is -2.41. The molecule has 4 nitrogen and oxygen atoms in total. The van der Waals surface area contributed by atoms with Gasteiger partial charge in [0.05, 0.1) is 5.41 Å². The molecule has 0 spiro atoms. The number of rotatable bonds is 8. The predicted octanol–water partition coefficient (Wildman–Crippen LogP) is 4.10. The molecule has 0 bridgehead atoms. The maximum absolute atomic E-state index is 13.3. The molecule has 2 amide bonds. The Balaban J connectivity index is 1.63. The minimum Gasteiger partial charge on any atom is -0.355 e. The van der Waals surface area contributed by atoms with E-state index in [0.717, 1.165) is 24.8 Å². The van der Waals surface area contributed by atoms with Gasteiger partial charge in [-0.3, -0.25) is 9.59 Å². The highest BCUT2D eigenvalue weighted by molar-refractivity contribution is 5.89. The fourth-order valence-corrected chi connectivity index (χ4v) is 4.22. The monoisotopic (exact) mass is 392 g/mol. The summed E-state index contributed by atoms with van der Waals surface area (Å²) in [7, 11) is 0. The van der Waals surface area contributed by atoms with E-state index >= 15 is 0 Å². The molecule has 0 radical (unpaired) electrons. The van der Waals surface area contributed by atoms with Crippen LogP contribution in [0.25, 0.3) is 0 Å². The van der Waals surface area contributed by atoms with E-state index in [1.54, 1.807) is 0 Å². The van der Waals surface area contributed by atoms with Crippen LogP contribution >= 0.6 is 0 Å². The molecule has 0 unspecified atom stereocenters. The molecular weight excluding hydrogens is 360 g/mol. The van der Waals surface area contributed by atoms with Crippen molar-refractivity contribution in [3.05, 3.63) is 71.8 Å². The van der Waals surface area contributed by atoms with Crippen molar-refractivity contribution < 1.29 is 9.59 Å². The Morgan fingerprint density at radius 1 is 0.966 bits per heavy atom. The van der Waals surface area contributed by atoms with E-state index in [4.69, 9.17) is 0 Å². The summed E-state index contributed by atoms with van der Waals surface area (Å²) < 4.78 is 0. The first kappa shape index (κ1) is 21.1. The number of aryl methyl sites for hydroxylation is 1. The quantitative estimate of drug-likeness (QED) is 0.688. The smallest absolute Gasteiger partial charge is 0.230 e. The molecule has 1 aliphatic rings. The van der Waals surface area contributed by atoms with Crippen molar-refractivity contribution in [3.63, 3.8) is 0 Å². The van der Waals surface area contributed by atoms with Crippen LogP contribution in [0.15, 0.2) is 60.7 Å². The number of carbonyl (C=O) groups excluding carboxylic acids is 2. The van der Waals surface area contributed by atoms with Crippen molar-refractivity contribution in [1.82, 2.24) is 10.2 Å². The lowest BCUT2D eigenvalue weighted by atomic mass is 9.72. The minimum atomic E-state index is -0.545. The van der Waals surface area contributed by atoms with E-state index in [1.165, 1.54) is 5.56 Å². The predicted molar refractivity (Wildman–Crippen MR) is 117 cm³/mol. The van der Waals surface area contributed by atoms with Crippen LogP contribution in [0.2, 0.25) is 0 Å². The SMILES string of the molecule is CCCC(=O)N1CCC(C(=O)NCCCc2ccccc2)(c2ccccc2)CC1. The van der Waals surface area contributed by atoms with Crippen molar-refractivity contribution in [1.29, 1.82) is 0 Å². The van der Waals surface area contributed by atoms with Crippen LogP contribution in [0.5, 0.6) is 0 Å². The molecule has 29 heavy (non-hydrogen) atoms. The number of likely N-dealkylation sites (tertiary alicyclic amines) is 1. The maximum Gasteiger partial charge on any atom is 0.230 e. The fourth-order valence-electron chi connectivity index (χ4n) is 4.22. The van der Waals surface area contributed by atoms with Gasteiger partial charge in [0.25, 0.3) is 0 Å². The molecule has 1 heterocycles. The second kappa shape index (κ2) is 10.2. The van der Waals surface area contributed by atoms with Gasteiger partial charge in [0.2, 0.25) is 11.8 Å². The number of hydrogen-bond acceptors (Lipinski definition) is 2. The third-order valence-electron chi connectivity index (χ3n) is 5.97. The van der Waals surface area contributed by atoms with Crippen LogP contribution in [-0.4, -0.2) is 36.3 Å². The molecule has 0 aromatic heterocycles. The van der Waals surface area contributed by atoms with E-state index < -0.39 is 5.41 Å². The average molecular weight is 393 g/mol. The number of hydrogen-bond donors (Lipinski definition) is 1. The zero-order chi connectivity index (χ0) is 20.5. The van der Waals surface area contributed by atoms with Crippen LogP contribution < -0.4 is 5.32 Å². The maximum atomic E-state index is 13.3. The third kappa shape index (κ3) is 5.26. The molecule has 3 rings (SSSR count). The van der Waals surface area contributed by atoms with Gasteiger partial charge in [-0.15, -0.1) is 0 Å². The summed E-state index contributed by atoms with van der Waals surface area (Å²) in [4.78, 5) is 27.5. The molecule has 154 valence electrons. The Bertz CT molecular complexity index is 781. The van der Waals surface area contributed by atoms with Crippen LogP contribution in [0.4, 0.5) is 0 Å². The Hall–Kier alpha value is -2.62. The van der Waals surface area contributed by atoms with E-state index in [-0.39, 0.29) is 11.8 Å². The van der Waals surface area contributed by atoms with E-state index in [1.807, 2.05) is 60.4 Å². The number of carbonyl (C=O) groups is 2. The summed E-state index contributed by atoms with van der Waals surface area (Å²) in [6.07, 6.45) is 4.68. The number of benzene rings is 2. The summed E-state index contributed by atoms with van der Waals surface area (Å²) in [6.45, 7) is 3.98. The van der Waals surface area contributed by atoms with Crippen LogP contribution in [0.3, 0.4) is 0 Å². The molecule has 1 N–H and O–H groups in total. The largest absolute Gasteiger partial charge is 0.355 e. The summed E-state index contributed by atoms with van der Waals surface area (Å²) >= 11 is 0. The summed E-state index contributed by atoms with van der Waals surface area (Å²) in [6, 6.07) is 20.4. The Morgan fingerprint density at radius 2 is 1.59 bits per heavy atom. The first-order chi connectivity index (χ1) is 14.2. The van der Waals surface area contributed by atoms with Gasteiger partial charge in [0, 0.05) is 26.1 Å². The highest BCUT2D eigenvalue weighted by atomic mass is 16.2. The Morgan fingerprint density at radius 3 is 2.21 bits per heavy atom. The minimum absolute atomic E-state index is 0.0966. The van der Waals surface area contributed by atoms with Crippen molar-refractivity contribution in [2.45, 2.75) is 50.9 Å². The first-order valence-electron chi connectivity index (χ1n) is 10.8. The first-order valence-corrected chi connectivity index (χ1v) is 10.8. The van der Waals surface area contributed by atoms with Crippen molar-refractivity contribution in [2.24, 2.45) is 0 Å².